The fraction of sp³-hybridized carbons (Fsp3) is 0.750. The highest BCUT2D eigenvalue weighted by Gasteiger charge is 2.23. The molecule has 3 heteroatoms. The van der Waals surface area contributed by atoms with Crippen molar-refractivity contribution in [2.75, 3.05) is 7.05 Å². The summed E-state index contributed by atoms with van der Waals surface area (Å²) in [6.45, 7) is 5.32. The van der Waals surface area contributed by atoms with Gasteiger partial charge in [-0.3, -0.25) is 9.58 Å². The average Bonchev–Trinajstić information content (AvgIpc) is 2.29. The van der Waals surface area contributed by atoms with E-state index in [0.29, 0.717) is 0 Å². The van der Waals surface area contributed by atoms with Gasteiger partial charge in [0.05, 0.1) is 5.69 Å². The first kappa shape index (κ1) is 10.7. The monoisotopic (exact) mass is 207 g/mol. The number of nitrogens with zero attached hydrogens (tertiary/aromatic N) is 3. The molecule has 15 heavy (non-hydrogen) atoms. The molecule has 1 aromatic rings. The van der Waals surface area contributed by atoms with E-state index in [2.05, 4.69) is 30.9 Å². The van der Waals surface area contributed by atoms with Crippen molar-refractivity contribution in [1.29, 1.82) is 0 Å². The minimum absolute atomic E-state index is 0.809. The van der Waals surface area contributed by atoms with Gasteiger partial charge < -0.3 is 0 Å². The standard InChI is InChI=1S/C12H21N3/c1-9-12(10(2)15(4)13-9)8-14(3)11-6-5-7-11/h11H,5-8H2,1-4H3. The maximum absolute atomic E-state index is 4.46. The molecule has 0 atom stereocenters. The van der Waals surface area contributed by atoms with Gasteiger partial charge in [-0.05, 0) is 33.7 Å². The molecule has 0 saturated heterocycles. The zero-order valence-electron chi connectivity index (χ0n) is 10.2. The summed E-state index contributed by atoms with van der Waals surface area (Å²) in [5.74, 6) is 0. The van der Waals surface area contributed by atoms with E-state index >= 15 is 0 Å². The third-order valence-electron chi connectivity index (χ3n) is 3.76. The highest BCUT2D eigenvalue weighted by Crippen LogP contribution is 2.25. The summed E-state index contributed by atoms with van der Waals surface area (Å²) in [4.78, 5) is 2.47. The van der Waals surface area contributed by atoms with Crippen LogP contribution in [0.5, 0.6) is 0 Å². The van der Waals surface area contributed by atoms with Crippen molar-refractivity contribution in [2.24, 2.45) is 7.05 Å². The molecule has 2 rings (SSSR count). The highest BCUT2D eigenvalue weighted by atomic mass is 15.3. The van der Waals surface area contributed by atoms with Crippen LogP contribution in [0.2, 0.25) is 0 Å². The predicted octanol–water partition coefficient (Wildman–Crippen LogP) is 2.02. The molecule has 1 aromatic heterocycles. The molecule has 0 N–H and O–H groups in total. The molecule has 1 heterocycles. The number of rotatable bonds is 3. The van der Waals surface area contributed by atoms with E-state index in [1.165, 1.54) is 36.2 Å². The Morgan fingerprint density at radius 1 is 1.40 bits per heavy atom. The lowest BCUT2D eigenvalue weighted by atomic mass is 9.91. The van der Waals surface area contributed by atoms with Crippen LogP contribution in [0.1, 0.15) is 36.2 Å². The lowest BCUT2D eigenvalue weighted by molar-refractivity contribution is 0.152. The molecule has 1 fully saturated rings. The molecule has 3 nitrogen and oxygen atoms in total. The molecular formula is C12H21N3. The van der Waals surface area contributed by atoms with Crippen LogP contribution >= 0.6 is 0 Å². The lowest BCUT2D eigenvalue weighted by Gasteiger charge is -2.34. The van der Waals surface area contributed by atoms with Gasteiger partial charge in [0.1, 0.15) is 0 Å². The smallest absolute Gasteiger partial charge is 0.0641 e. The molecule has 0 aliphatic heterocycles. The third-order valence-corrected chi connectivity index (χ3v) is 3.76. The van der Waals surface area contributed by atoms with Crippen LogP contribution in [0.3, 0.4) is 0 Å². The van der Waals surface area contributed by atoms with E-state index in [1.807, 2.05) is 11.7 Å². The second-order valence-corrected chi connectivity index (χ2v) is 4.77. The van der Waals surface area contributed by atoms with Gasteiger partial charge >= 0.3 is 0 Å². The Morgan fingerprint density at radius 2 is 2.07 bits per heavy atom. The summed E-state index contributed by atoms with van der Waals surface area (Å²) >= 11 is 0. The van der Waals surface area contributed by atoms with Crippen molar-refractivity contribution in [3.63, 3.8) is 0 Å². The minimum Gasteiger partial charge on any atom is -0.299 e. The van der Waals surface area contributed by atoms with E-state index < -0.39 is 0 Å². The summed E-state index contributed by atoms with van der Waals surface area (Å²) in [5.41, 5.74) is 3.90. The third kappa shape index (κ3) is 1.93. The maximum atomic E-state index is 4.46. The molecule has 0 spiro atoms. The largest absolute Gasteiger partial charge is 0.299 e. The van der Waals surface area contributed by atoms with Crippen molar-refractivity contribution in [3.8, 4) is 0 Å². The predicted molar refractivity (Wildman–Crippen MR) is 61.8 cm³/mol. The van der Waals surface area contributed by atoms with Gasteiger partial charge in [0.2, 0.25) is 0 Å². The summed E-state index contributed by atoms with van der Waals surface area (Å²) in [7, 11) is 4.25. The first-order chi connectivity index (χ1) is 7.09. The van der Waals surface area contributed by atoms with Crippen LogP contribution < -0.4 is 0 Å². The molecule has 1 aliphatic carbocycles. The Morgan fingerprint density at radius 3 is 2.47 bits per heavy atom. The molecule has 0 amide bonds. The van der Waals surface area contributed by atoms with Gasteiger partial charge in [-0.1, -0.05) is 6.42 Å². The van der Waals surface area contributed by atoms with Gasteiger partial charge in [0.25, 0.3) is 0 Å². The number of aryl methyl sites for hydroxylation is 2. The Hall–Kier alpha value is -0.830. The van der Waals surface area contributed by atoms with Gasteiger partial charge in [-0.25, -0.2) is 0 Å². The second kappa shape index (κ2) is 3.97. The van der Waals surface area contributed by atoms with Gasteiger partial charge in [-0.15, -0.1) is 0 Å². The second-order valence-electron chi connectivity index (χ2n) is 4.77. The topological polar surface area (TPSA) is 21.1 Å². The fourth-order valence-electron chi connectivity index (χ4n) is 2.25. The molecule has 84 valence electrons. The molecular weight excluding hydrogens is 186 g/mol. The quantitative estimate of drug-likeness (QED) is 0.756. The van der Waals surface area contributed by atoms with E-state index in [9.17, 15) is 0 Å². The Labute approximate surface area is 92.1 Å². The van der Waals surface area contributed by atoms with Crippen LogP contribution in [0, 0.1) is 13.8 Å². The summed E-state index contributed by atoms with van der Waals surface area (Å²) in [5, 5.41) is 4.46. The van der Waals surface area contributed by atoms with Gasteiger partial charge in [0.15, 0.2) is 0 Å². The molecule has 0 radical (unpaired) electrons. The average molecular weight is 207 g/mol. The Bertz CT molecular complexity index is 350. The molecule has 1 saturated carbocycles. The van der Waals surface area contributed by atoms with Crippen LogP contribution in [0.15, 0.2) is 0 Å². The Balaban J connectivity index is 2.09. The normalized spacial score (nSPS) is 17.1. The zero-order chi connectivity index (χ0) is 11.0. The maximum Gasteiger partial charge on any atom is 0.0641 e. The van der Waals surface area contributed by atoms with Gasteiger partial charge in [0, 0.05) is 30.9 Å². The van der Waals surface area contributed by atoms with Gasteiger partial charge in [-0.2, -0.15) is 5.10 Å². The van der Waals surface area contributed by atoms with Crippen LogP contribution in [-0.2, 0) is 13.6 Å². The highest BCUT2D eigenvalue weighted by molar-refractivity contribution is 5.24. The van der Waals surface area contributed by atoms with Crippen molar-refractivity contribution < 1.29 is 0 Å². The van der Waals surface area contributed by atoms with Crippen molar-refractivity contribution >= 4 is 0 Å². The molecule has 0 unspecified atom stereocenters. The lowest BCUT2D eigenvalue weighted by Crippen LogP contribution is -2.36. The van der Waals surface area contributed by atoms with Crippen LogP contribution in [0.25, 0.3) is 0 Å². The SMILES string of the molecule is Cc1nn(C)c(C)c1CN(C)C1CCC1. The van der Waals surface area contributed by atoms with Crippen LogP contribution in [-0.4, -0.2) is 27.8 Å². The molecule has 0 aromatic carbocycles. The minimum atomic E-state index is 0.809. The zero-order valence-corrected chi connectivity index (χ0v) is 10.2. The number of aromatic nitrogens is 2. The van der Waals surface area contributed by atoms with E-state index in [1.54, 1.807) is 0 Å². The summed E-state index contributed by atoms with van der Waals surface area (Å²) < 4.78 is 1.99. The van der Waals surface area contributed by atoms with Crippen molar-refractivity contribution in [3.05, 3.63) is 17.0 Å². The molecule has 1 aliphatic rings. The number of hydrogen-bond donors (Lipinski definition) is 0. The van der Waals surface area contributed by atoms with E-state index in [-0.39, 0.29) is 0 Å². The van der Waals surface area contributed by atoms with Crippen LogP contribution in [0.4, 0.5) is 0 Å². The van der Waals surface area contributed by atoms with E-state index in [4.69, 9.17) is 0 Å². The van der Waals surface area contributed by atoms with Crippen molar-refractivity contribution in [1.82, 2.24) is 14.7 Å². The summed E-state index contributed by atoms with van der Waals surface area (Å²) in [6.07, 6.45) is 4.14. The van der Waals surface area contributed by atoms with Crippen molar-refractivity contribution in [2.45, 2.75) is 45.7 Å². The summed E-state index contributed by atoms with van der Waals surface area (Å²) in [6, 6.07) is 0.809. The number of hydrogen-bond acceptors (Lipinski definition) is 2. The van der Waals surface area contributed by atoms with E-state index in [0.717, 1.165) is 12.6 Å². The molecule has 0 bridgehead atoms. The first-order valence-electron chi connectivity index (χ1n) is 5.79. The fourth-order valence-corrected chi connectivity index (χ4v) is 2.25. The first-order valence-corrected chi connectivity index (χ1v) is 5.79. The Kier molecular flexibility index (Phi) is 2.83.